The van der Waals surface area contributed by atoms with Gasteiger partial charge < -0.3 is 5.73 Å². The maximum atomic E-state index is 6.08. The molecule has 0 atom stereocenters. The van der Waals surface area contributed by atoms with E-state index in [0.29, 0.717) is 6.54 Å². The molecule has 0 unspecified atom stereocenters. The van der Waals surface area contributed by atoms with Crippen LogP contribution in [0.4, 0.5) is 0 Å². The fourth-order valence-corrected chi connectivity index (χ4v) is 3.00. The maximum Gasteiger partial charge on any atom is 0.177 e. The first-order chi connectivity index (χ1) is 8.86. The number of hydrogen-bond acceptors (Lipinski definition) is 4. The SMILES string of the molecule is NCC1(c2nnc3cccnn23)CCCCCC1. The zero-order valence-electron chi connectivity index (χ0n) is 10.5. The molecule has 2 aromatic rings. The molecule has 18 heavy (non-hydrogen) atoms. The van der Waals surface area contributed by atoms with E-state index >= 15 is 0 Å². The standard InChI is InChI=1S/C13H19N5/c14-10-13(7-3-1-2-4-8-13)12-17-16-11-6-5-9-15-18(11)12/h5-6,9H,1-4,7-8,10,14H2. The smallest absolute Gasteiger partial charge is 0.177 e. The normalized spacial score (nSPS) is 19.8. The molecule has 5 heteroatoms. The maximum absolute atomic E-state index is 6.08. The van der Waals surface area contributed by atoms with Gasteiger partial charge in [0.25, 0.3) is 0 Å². The van der Waals surface area contributed by atoms with Crippen LogP contribution in [-0.2, 0) is 5.41 Å². The van der Waals surface area contributed by atoms with Crippen molar-refractivity contribution in [3.8, 4) is 0 Å². The predicted molar refractivity (Wildman–Crippen MR) is 69.2 cm³/mol. The molecule has 5 nitrogen and oxygen atoms in total. The average Bonchev–Trinajstić information content (AvgIpc) is 2.70. The highest BCUT2D eigenvalue weighted by molar-refractivity contribution is 5.36. The lowest BCUT2D eigenvalue weighted by Crippen LogP contribution is -2.37. The highest BCUT2D eigenvalue weighted by Gasteiger charge is 2.36. The van der Waals surface area contributed by atoms with Gasteiger partial charge in [-0.3, -0.25) is 0 Å². The second-order valence-electron chi connectivity index (χ2n) is 5.22. The van der Waals surface area contributed by atoms with Crippen molar-refractivity contribution in [1.29, 1.82) is 0 Å². The second-order valence-corrected chi connectivity index (χ2v) is 5.22. The zero-order valence-corrected chi connectivity index (χ0v) is 10.5. The van der Waals surface area contributed by atoms with Crippen molar-refractivity contribution in [2.75, 3.05) is 6.54 Å². The molecule has 1 saturated carbocycles. The molecule has 0 aromatic carbocycles. The van der Waals surface area contributed by atoms with E-state index in [1.807, 2.05) is 16.6 Å². The molecule has 0 spiro atoms. The van der Waals surface area contributed by atoms with Gasteiger partial charge in [-0.25, -0.2) is 0 Å². The van der Waals surface area contributed by atoms with Crippen LogP contribution < -0.4 is 5.73 Å². The van der Waals surface area contributed by atoms with E-state index in [1.54, 1.807) is 6.20 Å². The Labute approximate surface area is 106 Å². The Morgan fingerprint density at radius 1 is 1.17 bits per heavy atom. The molecule has 1 aliphatic rings. The van der Waals surface area contributed by atoms with E-state index < -0.39 is 0 Å². The minimum Gasteiger partial charge on any atom is -0.329 e. The van der Waals surface area contributed by atoms with Crippen molar-refractivity contribution in [2.45, 2.75) is 43.9 Å². The highest BCUT2D eigenvalue weighted by atomic mass is 15.4. The summed E-state index contributed by atoms with van der Waals surface area (Å²) < 4.78 is 1.86. The third kappa shape index (κ3) is 1.79. The lowest BCUT2D eigenvalue weighted by atomic mass is 9.79. The Morgan fingerprint density at radius 2 is 1.94 bits per heavy atom. The van der Waals surface area contributed by atoms with Gasteiger partial charge in [-0.1, -0.05) is 25.7 Å². The van der Waals surface area contributed by atoms with Crippen molar-refractivity contribution in [2.24, 2.45) is 5.73 Å². The van der Waals surface area contributed by atoms with Gasteiger partial charge in [0.15, 0.2) is 11.5 Å². The first-order valence-electron chi connectivity index (χ1n) is 6.73. The van der Waals surface area contributed by atoms with Crippen LogP contribution in [0.15, 0.2) is 18.3 Å². The first kappa shape index (κ1) is 11.6. The van der Waals surface area contributed by atoms with Crippen LogP contribution >= 0.6 is 0 Å². The topological polar surface area (TPSA) is 69.1 Å². The third-order valence-corrected chi connectivity index (χ3v) is 4.10. The van der Waals surface area contributed by atoms with E-state index in [-0.39, 0.29) is 5.41 Å². The minimum atomic E-state index is -0.0374. The molecule has 0 amide bonds. The van der Waals surface area contributed by atoms with Crippen LogP contribution in [0.3, 0.4) is 0 Å². The monoisotopic (exact) mass is 245 g/mol. The summed E-state index contributed by atoms with van der Waals surface area (Å²) >= 11 is 0. The molecule has 2 N–H and O–H groups in total. The van der Waals surface area contributed by atoms with Crippen LogP contribution in [0.2, 0.25) is 0 Å². The van der Waals surface area contributed by atoms with E-state index in [0.717, 1.165) is 24.3 Å². The van der Waals surface area contributed by atoms with Gasteiger partial charge in [0.1, 0.15) is 0 Å². The van der Waals surface area contributed by atoms with Gasteiger partial charge in [0.2, 0.25) is 0 Å². The van der Waals surface area contributed by atoms with Crippen LogP contribution in [0, 0.1) is 0 Å². The summed E-state index contributed by atoms with van der Waals surface area (Å²) in [6, 6.07) is 3.82. The molecule has 0 bridgehead atoms. The number of fused-ring (bicyclic) bond motifs is 1. The Kier molecular flexibility index (Phi) is 2.99. The quantitative estimate of drug-likeness (QED) is 0.817. The molecule has 3 rings (SSSR count). The molecule has 0 saturated heterocycles. The summed E-state index contributed by atoms with van der Waals surface area (Å²) in [7, 11) is 0. The molecule has 0 radical (unpaired) electrons. The van der Waals surface area contributed by atoms with Gasteiger partial charge in [-0.15, -0.1) is 10.2 Å². The van der Waals surface area contributed by atoms with Gasteiger partial charge in [-0.2, -0.15) is 9.61 Å². The van der Waals surface area contributed by atoms with Gasteiger partial charge in [0.05, 0.1) is 0 Å². The summed E-state index contributed by atoms with van der Waals surface area (Å²) in [5.74, 6) is 0.947. The lowest BCUT2D eigenvalue weighted by Gasteiger charge is -2.28. The predicted octanol–water partition coefficient (Wildman–Crippen LogP) is 1.67. The van der Waals surface area contributed by atoms with Gasteiger partial charge in [0, 0.05) is 18.2 Å². The van der Waals surface area contributed by atoms with E-state index in [4.69, 9.17) is 5.73 Å². The zero-order chi connectivity index (χ0) is 12.4. The van der Waals surface area contributed by atoms with Crippen molar-refractivity contribution in [3.05, 3.63) is 24.2 Å². The second kappa shape index (κ2) is 4.65. The van der Waals surface area contributed by atoms with Gasteiger partial charge >= 0.3 is 0 Å². The number of hydrogen-bond donors (Lipinski definition) is 1. The Bertz CT molecular complexity index is 525. The van der Waals surface area contributed by atoms with Crippen LogP contribution in [0.1, 0.15) is 44.3 Å². The largest absolute Gasteiger partial charge is 0.329 e. The van der Waals surface area contributed by atoms with Crippen molar-refractivity contribution in [3.63, 3.8) is 0 Å². The number of nitrogens with two attached hydrogens (primary N) is 1. The van der Waals surface area contributed by atoms with Crippen molar-refractivity contribution in [1.82, 2.24) is 19.8 Å². The van der Waals surface area contributed by atoms with Crippen LogP contribution in [0.25, 0.3) is 5.65 Å². The minimum absolute atomic E-state index is 0.0374. The van der Waals surface area contributed by atoms with Crippen molar-refractivity contribution < 1.29 is 0 Å². The van der Waals surface area contributed by atoms with E-state index in [2.05, 4.69) is 15.3 Å². The van der Waals surface area contributed by atoms with E-state index in [1.165, 1.54) is 25.7 Å². The lowest BCUT2D eigenvalue weighted by molar-refractivity contribution is 0.352. The molecule has 96 valence electrons. The fourth-order valence-electron chi connectivity index (χ4n) is 3.00. The van der Waals surface area contributed by atoms with E-state index in [9.17, 15) is 0 Å². The highest BCUT2D eigenvalue weighted by Crippen LogP contribution is 2.36. The summed E-state index contributed by atoms with van der Waals surface area (Å²) in [6.07, 6.45) is 9.01. The molecular formula is C13H19N5. The molecule has 0 aliphatic heterocycles. The van der Waals surface area contributed by atoms with Crippen molar-refractivity contribution >= 4 is 5.65 Å². The Hall–Kier alpha value is -1.49. The molecule has 1 fully saturated rings. The molecular weight excluding hydrogens is 226 g/mol. The Morgan fingerprint density at radius 3 is 2.67 bits per heavy atom. The first-order valence-corrected chi connectivity index (χ1v) is 6.73. The molecule has 2 heterocycles. The molecule has 1 aliphatic carbocycles. The van der Waals surface area contributed by atoms with Crippen LogP contribution in [-0.4, -0.2) is 26.4 Å². The number of aromatic nitrogens is 4. The average molecular weight is 245 g/mol. The third-order valence-electron chi connectivity index (χ3n) is 4.10. The fraction of sp³-hybridized carbons (Fsp3) is 0.615. The summed E-state index contributed by atoms with van der Waals surface area (Å²) in [4.78, 5) is 0. The van der Waals surface area contributed by atoms with Crippen LogP contribution in [0.5, 0.6) is 0 Å². The Balaban J connectivity index is 2.09. The summed E-state index contributed by atoms with van der Waals surface area (Å²) in [5.41, 5.74) is 6.85. The van der Waals surface area contributed by atoms with Gasteiger partial charge in [-0.05, 0) is 25.0 Å². The number of nitrogens with zero attached hydrogens (tertiary/aromatic N) is 4. The number of rotatable bonds is 2. The summed E-state index contributed by atoms with van der Waals surface area (Å²) in [5, 5.41) is 13.0. The summed E-state index contributed by atoms with van der Waals surface area (Å²) in [6.45, 7) is 0.629. The molecule has 2 aromatic heterocycles.